The number of carbonyl (C=O) groups excluding carboxylic acids is 1. The minimum atomic E-state index is -0.700. The van der Waals surface area contributed by atoms with Crippen molar-refractivity contribution < 1.29 is 9.53 Å². The second kappa shape index (κ2) is 5.89. The van der Waals surface area contributed by atoms with Crippen molar-refractivity contribution in [1.82, 2.24) is 4.98 Å². The van der Waals surface area contributed by atoms with E-state index in [-0.39, 0.29) is 5.70 Å². The van der Waals surface area contributed by atoms with Gasteiger partial charge in [-0.05, 0) is 33.6 Å². The Balaban J connectivity index is 3.17. The molecule has 82 valence electrons. The van der Waals surface area contributed by atoms with Crippen LogP contribution in [0.1, 0.15) is 5.56 Å². The van der Waals surface area contributed by atoms with Gasteiger partial charge in [0.1, 0.15) is 10.3 Å². The number of ether oxygens (including phenoxy) is 1. The van der Waals surface area contributed by atoms with Crippen molar-refractivity contribution >= 4 is 28.0 Å². The molecule has 6 nitrogen and oxygen atoms in total. The summed E-state index contributed by atoms with van der Waals surface area (Å²) in [5.41, 5.74) is 8.81. The molecule has 0 atom stereocenters. The topological polar surface area (TPSA) is 88.0 Å². The number of esters is 1. The Kier molecular flexibility index (Phi) is 4.50. The molecule has 0 fully saturated rings. The van der Waals surface area contributed by atoms with Gasteiger partial charge >= 0.3 is 5.97 Å². The van der Waals surface area contributed by atoms with E-state index in [9.17, 15) is 4.79 Å². The van der Waals surface area contributed by atoms with Crippen LogP contribution in [0.3, 0.4) is 0 Å². The number of nitrogens with zero attached hydrogens (tertiary/aromatic N) is 4. The van der Waals surface area contributed by atoms with Crippen LogP contribution < -0.4 is 0 Å². The first kappa shape index (κ1) is 12.2. The molecule has 0 unspecified atom stereocenters. The van der Waals surface area contributed by atoms with Crippen LogP contribution in [0.25, 0.3) is 16.5 Å². The average molecular weight is 283 g/mol. The van der Waals surface area contributed by atoms with E-state index in [4.69, 9.17) is 5.53 Å². The van der Waals surface area contributed by atoms with Gasteiger partial charge in [0.25, 0.3) is 0 Å². The van der Waals surface area contributed by atoms with Crippen LogP contribution in [0.5, 0.6) is 0 Å². The smallest absolute Gasteiger partial charge is 0.340 e. The summed E-state index contributed by atoms with van der Waals surface area (Å²) in [6.45, 7) is 0. The Morgan fingerprint density at radius 2 is 2.50 bits per heavy atom. The first-order valence-electron chi connectivity index (χ1n) is 4.14. The number of carbonyl (C=O) groups is 1. The van der Waals surface area contributed by atoms with E-state index in [1.165, 1.54) is 13.2 Å². The molecule has 0 aromatic carbocycles. The maximum atomic E-state index is 11.2. The zero-order chi connectivity index (χ0) is 12.0. The fourth-order valence-electron chi connectivity index (χ4n) is 0.935. The van der Waals surface area contributed by atoms with E-state index in [2.05, 4.69) is 35.7 Å². The number of pyridine rings is 1. The van der Waals surface area contributed by atoms with Gasteiger partial charge in [0, 0.05) is 16.7 Å². The molecular weight excluding hydrogens is 276 g/mol. The van der Waals surface area contributed by atoms with Crippen LogP contribution in [0, 0.1) is 0 Å². The molecule has 16 heavy (non-hydrogen) atoms. The van der Waals surface area contributed by atoms with E-state index < -0.39 is 5.97 Å². The van der Waals surface area contributed by atoms with Gasteiger partial charge in [-0.15, -0.1) is 0 Å². The summed E-state index contributed by atoms with van der Waals surface area (Å²) >= 11 is 3.20. The van der Waals surface area contributed by atoms with Crippen molar-refractivity contribution in [3.8, 4) is 0 Å². The van der Waals surface area contributed by atoms with Gasteiger partial charge in [-0.2, -0.15) is 0 Å². The Morgan fingerprint density at radius 1 is 1.75 bits per heavy atom. The molecule has 1 aromatic heterocycles. The summed E-state index contributed by atoms with van der Waals surface area (Å²) in [6, 6.07) is 3.41. The lowest BCUT2D eigenvalue weighted by Gasteiger charge is -2.00. The molecule has 0 aliphatic heterocycles. The first-order valence-corrected chi connectivity index (χ1v) is 4.94. The third kappa shape index (κ3) is 3.08. The predicted octanol–water partition coefficient (Wildman–Crippen LogP) is 2.67. The Morgan fingerprint density at radius 3 is 3.06 bits per heavy atom. The standard InChI is InChI=1S/C9H7BrN4O2/c1-16-9(15)7(13-14-11)5-6-3-2-4-12-8(6)10/h2-5H,1H3/b7-5-. The van der Waals surface area contributed by atoms with E-state index >= 15 is 0 Å². The van der Waals surface area contributed by atoms with Crippen molar-refractivity contribution in [3.05, 3.63) is 44.6 Å². The summed E-state index contributed by atoms with van der Waals surface area (Å²) < 4.78 is 5.02. The Bertz CT molecular complexity index is 480. The van der Waals surface area contributed by atoms with E-state index in [1.807, 2.05) is 0 Å². The average Bonchev–Trinajstić information content (AvgIpc) is 2.30. The van der Waals surface area contributed by atoms with Crippen LogP contribution in [0.4, 0.5) is 0 Å². The number of methoxy groups -OCH3 is 1. The van der Waals surface area contributed by atoms with Crippen molar-refractivity contribution in [2.45, 2.75) is 0 Å². The summed E-state index contributed by atoms with van der Waals surface area (Å²) in [7, 11) is 1.21. The highest BCUT2D eigenvalue weighted by atomic mass is 79.9. The van der Waals surface area contributed by atoms with Crippen molar-refractivity contribution in [3.63, 3.8) is 0 Å². The van der Waals surface area contributed by atoms with Gasteiger partial charge in [0.2, 0.25) is 0 Å². The number of azide groups is 1. The molecule has 1 aromatic rings. The van der Waals surface area contributed by atoms with Gasteiger partial charge in [-0.3, -0.25) is 0 Å². The third-order valence-corrected chi connectivity index (χ3v) is 2.29. The molecular formula is C9H7BrN4O2. The molecule has 0 saturated carbocycles. The fourth-order valence-corrected chi connectivity index (χ4v) is 1.30. The lowest BCUT2D eigenvalue weighted by atomic mass is 10.2. The zero-order valence-electron chi connectivity index (χ0n) is 8.29. The van der Waals surface area contributed by atoms with Gasteiger partial charge in [-0.1, -0.05) is 11.2 Å². The van der Waals surface area contributed by atoms with Crippen LogP contribution in [0.15, 0.2) is 33.7 Å². The second-order valence-electron chi connectivity index (χ2n) is 2.59. The normalized spacial score (nSPS) is 10.5. The summed E-state index contributed by atoms with van der Waals surface area (Å²) in [6.07, 6.45) is 2.98. The maximum Gasteiger partial charge on any atom is 0.340 e. The largest absolute Gasteiger partial charge is 0.466 e. The predicted molar refractivity (Wildman–Crippen MR) is 61.1 cm³/mol. The SMILES string of the molecule is COC(=O)/C(=C/c1cccnc1Br)N=[N+]=[N-]. The van der Waals surface area contributed by atoms with Crippen LogP contribution in [0.2, 0.25) is 0 Å². The molecule has 0 bridgehead atoms. The lowest BCUT2D eigenvalue weighted by Crippen LogP contribution is -2.02. The zero-order valence-corrected chi connectivity index (χ0v) is 9.88. The molecule has 0 spiro atoms. The number of hydrogen-bond acceptors (Lipinski definition) is 4. The van der Waals surface area contributed by atoms with Gasteiger partial charge in [0.05, 0.1) is 7.11 Å². The van der Waals surface area contributed by atoms with Gasteiger partial charge in [0.15, 0.2) is 0 Å². The number of halogens is 1. The molecule has 1 rings (SSSR count). The van der Waals surface area contributed by atoms with Gasteiger partial charge in [-0.25, -0.2) is 9.78 Å². The fraction of sp³-hybridized carbons (Fsp3) is 0.111. The number of rotatable bonds is 3. The Hall–Kier alpha value is -1.85. The summed E-state index contributed by atoms with van der Waals surface area (Å²) in [4.78, 5) is 17.7. The van der Waals surface area contributed by atoms with Crippen LogP contribution in [-0.4, -0.2) is 18.1 Å². The molecule has 7 heteroatoms. The third-order valence-electron chi connectivity index (χ3n) is 1.63. The molecule has 1 heterocycles. The molecule has 0 radical (unpaired) electrons. The van der Waals surface area contributed by atoms with Crippen molar-refractivity contribution in [2.75, 3.05) is 7.11 Å². The second-order valence-corrected chi connectivity index (χ2v) is 3.35. The van der Waals surface area contributed by atoms with E-state index in [0.717, 1.165) is 0 Å². The molecule has 0 aliphatic carbocycles. The summed E-state index contributed by atoms with van der Waals surface area (Å²) in [5, 5.41) is 3.25. The highest BCUT2D eigenvalue weighted by Crippen LogP contribution is 2.17. The van der Waals surface area contributed by atoms with E-state index in [0.29, 0.717) is 10.2 Å². The first-order chi connectivity index (χ1) is 7.69. The quantitative estimate of drug-likeness (QED) is 0.213. The summed E-state index contributed by atoms with van der Waals surface area (Å²) in [5.74, 6) is -0.700. The molecule has 0 saturated heterocycles. The molecule has 0 aliphatic rings. The monoisotopic (exact) mass is 282 g/mol. The number of aromatic nitrogens is 1. The molecule has 0 amide bonds. The minimum absolute atomic E-state index is 0.126. The van der Waals surface area contributed by atoms with Crippen LogP contribution in [-0.2, 0) is 9.53 Å². The molecule has 0 N–H and O–H groups in total. The highest BCUT2D eigenvalue weighted by Gasteiger charge is 2.08. The van der Waals surface area contributed by atoms with Crippen molar-refractivity contribution in [1.29, 1.82) is 0 Å². The minimum Gasteiger partial charge on any atom is -0.466 e. The highest BCUT2D eigenvalue weighted by molar-refractivity contribution is 9.10. The van der Waals surface area contributed by atoms with Crippen molar-refractivity contribution in [2.24, 2.45) is 5.11 Å². The Labute approximate surface area is 99.7 Å². The maximum absolute atomic E-state index is 11.2. The van der Waals surface area contributed by atoms with Gasteiger partial charge < -0.3 is 4.74 Å². The lowest BCUT2D eigenvalue weighted by molar-refractivity contribution is -0.136. The van der Waals surface area contributed by atoms with E-state index in [1.54, 1.807) is 18.3 Å². The number of hydrogen-bond donors (Lipinski definition) is 0. The van der Waals surface area contributed by atoms with Crippen LogP contribution >= 0.6 is 15.9 Å².